The third kappa shape index (κ3) is 4.13. The highest BCUT2D eigenvalue weighted by Gasteiger charge is 2.30. The summed E-state index contributed by atoms with van der Waals surface area (Å²) in [6.07, 6.45) is 2.08. The molecule has 7 nitrogen and oxygen atoms in total. The van der Waals surface area contributed by atoms with Crippen molar-refractivity contribution < 1.29 is 13.2 Å². The van der Waals surface area contributed by atoms with E-state index in [-0.39, 0.29) is 23.5 Å². The summed E-state index contributed by atoms with van der Waals surface area (Å²) >= 11 is 0. The largest absolute Gasteiger partial charge is 0.348 e. The van der Waals surface area contributed by atoms with Crippen molar-refractivity contribution in [3.05, 3.63) is 84.1 Å². The molecule has 2 aromatic heterocycles. The van der Waals surface area contributed by atoms with Crippen molar-refractivity contribution in [1.29, 1.82) is 0 Å². The van der Waals surface area contributed by atoms with Gasteiger partial charge in [0.2, 0.25) is 0 Å². The Labute approximate surface area is 186 Å². The molecule has 0 radical (unpaired) electrons. The summed E-state index contributed by atoms with van der Waals surface area (Å²) in [5.41, 5.74) is 3.68. The number of amides is 1. The van der Waals surface area contributed by atoms with Crippen LogP contribution in [0.2, 0.25) is 0 Å². The molecule has 1 amide bonds. The minimum atomic E-state index is -3.09. The van der Waals surface area contributed by atoms with Gasteiger partial charge in [-0.2, -0.15) is 5.10 Å². The van der Waals surface area contributed by atoms with Crippen LogP contribution in [-0.2, 0) is 16.4 Å². The van der Waals surface area contributed by atoms with E-state index in [0.717, 1.165) is 11.1 Å². The Bertz CT molecular complexity index is 1380. The van der Waals surface area contributed by atoms with E-state index >= 15 is 0 Å². The lowest BCUT2D eigenvalue weighted by Gasteiger charge is -2.13. The van der Waals surface area contributed by atoms with E-state index in [2.05, 4.69) is 10.4 Å². The molecule has 2 aromatic carbocycles. The fraction of sp³-hybridized carbons (Fsp3) is 0.208. The molecule has 5 rings (SSSR count). The van der Waals surface area contributed by atoms with Gasteiger partial charge in [-0.05, 0) is 18.1 Å². The normalized spacial score (nSPS) is 17.4. The number of carbonyl (C=O) groups excluding carboxylic acids is 1. The standard InChI is InChI=1S/C24H22N4O3S/c29-24(26-19-11-12-32(30,31)16-19)20-13-22(18-9-5-2-6-10-18)27-23-21(20)14-25-28(23)15-17-7-3-1-4-8-17/h1-10,13-14,19H,11-12,15-16H2,(H,26,29). The first kappa shape index (κ1) is 20.4. The van der Waals surface area contributed by atoms with E-state index in [4.69, 9.17) is 4.98 Å². The van der Waals surface area contributed by atoms with Gasteiger partial charge in [-0.15, -0.1) is 0 Å². The molecule has 0 spiro atoms. The zero-order chi connectivity index (χ0) is 22.1. The third-order valence-corrected chi connectivity index (χ3v) is 7.43. The maximum Gasteiger partial charge on any atom is 0.252 e. The van der Waals surface area contributed by atoms with Gasteiger partial charge in [0.25, 0.3) is 5.91 Å². The molecule has 1 aliphatic heterocycles. The van der Waals surface area contributed by atoms with Crippen molar-refractivity contribution in [3.63, 3.8) is 0 Å². The van der Waals surface area contributed by atoms with Crippen molar-refractivity contribution in [1.82, 2.24) is 20.1 Å². The SMILES string of the molecule is O=C(NC1CCS(=O)(=O)C1)c1cc(-c2ccccc2)nc2c1cnn2Cc1ccccc1. The lowest BCUT2D eigenvalue weighted by molar-refractivity contribution is 0.0943. The fourth-order valence-corrected chi connectivity index (χ4v) is 5.71. The third-order valence-electron chi connectivity index (χ3n) is 5.67. The van der Waals surface area contributed by atoms with E-state index in [0.29, 0.717) is 35.3 Å². The Morgan fingerprint density at radius 3 is 2.47 bits per heavy atom. The number of hydrogen-bond acceptors (Lipinski definition) is 5. The minimum absolute atomic E-state index is 0.0220. The number of carbonyl (C=O) groups is 1. The lowest BCUT2D eigenvalue weighted by atomic mass is 10.1. The molecule has 1 unspecified atom stereocenters. The van der Waals surface area contributed by atoms with E-state index in [1.165, 1.54) is 0 Å². The van der Waals surface area contributed by atoms with Crippen LogP contribution >= 0.6 is 0 Å². The number of pyridine rings is 1. The Balaban J connectivity index is 1.57. The number of hydrogen-bond donors (Lipinski definition) is 1. The Morgan fingerprint density at radius 2 is 1.78 bits per heavy atom. The molecule has 1 aliphatic rings. The number of nitrogens with zero attached hydrogens (tertiary/aromatic N) is 3. The van der Waals surface area contributed by atoms with Gasteiger partial charge < -0.3 is 5.32 Å². The summed E-state index contributed by atoms with van der Waals surface area (Å²) in [6, 6.07) is 21.0. The summed E-state index contributed by atoms with van der Waals surface area (Å²) in [7, 11) is -3.09. The van der Waals surface area contributed by atoms with Gasteiger partial charge >= 0.3 is 0 Å². The average Bonchev–Trinajstić information content (AvgIpc) is 3.36. The number of benzene rings is 2. The molecule has 8 heteroatoms. The molecule has 1 atom stereocenters. The number of sulfone groups is 1. The molecular formula is C24H22N4O3S. The predicted molar refractivity (Wildman–Crippen MR) is 123 cm³/mol. The van der Waals surface area contributed by atoms with Crippen molar-refractivity contribution in [2.45, 2.75) is 19.0 Å². The van der Waals surface area contributed by atoms with Crippen LogP contribution in [0.4, 0.5) is 0 Å². The second kappa shape index (κ2) is 8.20. The van der Waals surface area contributed by atoms with Gasteiger partial charge in [0.05, 0.1) is 40.9 Å². The van der Waals surface area contributed by atoms with Gasteiger partial charge in [0.15, 0.2) is 15.5 Å². The predicted octanol–water partition coefficient (Wildman–Crippen LogP) is 3.06. The summed E-state index contributed by atoms with van der Waals surface area (Å²) in [6.45, 7) is 0.525. The van der Waals surface area contributed by atoms with E-state index in [9.17, 15) is 13.2 Å². The second-order valence-electron chi connectivity index (χ2n) is 8.02. The Hall–Kier alpha value is -3.52. The summed E-state index contributed by atoms with van der Waals surface area (Å²) in [4.78, 5) is 18.0. The number of fused-ring (bicyclic) bond motifs is 1. The summed E-state index contributed by atoms with van der Waals surface area (Å²) < 4.78 is 25.4. The zero-order valence-electron chi connectivity index (χ0n) is 17.3. The monoisotopic (exact) mass is 446 g/mol. The lowest BCUT2D eigenvalue weighted by Crippen LogP contribution is -2.35. The number of rotatable bonds is 5. The molecule has 0 saturated carbocycles. The van der Waals surface area contributed by atoms with Gasteiger partial charge in [-0.1, -0.05) is 60.7 Å². The topological polar surface area (TPSA) is 93.9 Å². The molecule has 1 fully saturated rings. The van der Waals surface area contributed by atoms with E-state index in [1.54, 1.807) is 16.9 Å². The molecule has 1 N–H and O–H groups in total. The first-order valence-corrected chi connectivity index (χ1v) is 12.3. The van der Waals surface area contributed by atoms with Crippen LogP contribution in [-0.4, -0.2) is 46.6 Å². The van der Waals surface area contributed by atoms with Crippen molar-refractivity contribution >= 4 is 26.8 Å². The van der Waals surface area contributed by atoms with Gasteiger partial charge in [-0.25, -0.2) is 18.1 Å². The molecule has 0 bridgehead atoms. The first-order valence-electron chi connectivity index (χ1n) is 10.5. The maximum absolute atomic E-state index is 13.2. The Kier molecular flexibility index (Phi) is 5.22. The molecule has 3 heterocycles. The second-order valence-corrected chi connectivity index (χ2v) is 10.2. The minimum Gasteiger partial charge on any atom is -0.348 e. The van der Waals surface area contributed by atoms with Crippen LogP contribution in [0.5, 0.6) is 0 Å². The van der Waals surface area contributed by atoms with Crippen LogP contribution in [0.1, 0.15) is 22.3 Å². The Morgan fingerprint density at radius 1 is 1.06 bits per heavy atom. The molecule has 32 heavy (non-hydrogen) atoms. The van der Waals surface area contributed by atoms with Gasteiger partial charge in [0.1, 0.15) is 0 Å². The molecule has 162 valence electrons. The quantitative estimate of drug-likeness (QED) is 0.509. The van der Waals surface area contributed by atoms with Crippen LogP contribution in [0.15, 0.2) is 72.9 Å². The smallest absolute Gasteiger partial charge is 0.252 e. The maximum atomic E-state index is 13.2. The molecule has 0 aliphatic carbocycles. The van der Waals surface area contributed by atoms with Gasteiger partial charge in [0, 0.05) is 11.6 Å². The number of nitrogens with one attached hydrogen (secondary N) is 1. The van der Waals surface area contributed by atoms with Crippen molar-refractivity contribution in [3.8, 4) is 11.3 Å². The highest BCUT2D eigenvalue weighted by Crippen LogP contribution is 2.26. The fourth-order valence-electron chi connectivity index (χ4n) is 4.04. The van der Waals surface area contributed by atoms with Gasteiger partial charge in [-0.3, -0.25) is 4.79 Å². The molecule has 1 saturated heterocycles. The van der Waals surface area contributed by atoms with Crippen LogP contribution in [0.3, 0.4) is 0 Å². The van der Waals surface area contributed by atoms with Crippen LogP contribution in [0, 0.1) is 0 Å². The molecule has 4 aromatic rings. The summed E-state index contributed by atoms with van der Waals surface area (Å²) in [5.74, 6) is -0.226. The van der Waals surface area contributed by atoms with E-state index < -0.39 is 9.84 Å². The van der Waals surface area contributed by atoms with E-state index in [1.807, 2.05) is 60.7 Å². The average molecular weight is 447 g/mol. The number of aromatic nitrogens is 3. The van der Waals surface area contributed by atoms with Crippen LogP contribution in [0.25, 0.3) is 22.3 Å². The zero-order valence-corrected chi connectivity index (χ0v) is 18.1. The molecular weight excluding hydrogens is 424 g/mol. The summed E-state index contributed by atoms with van der Waals surface area (Å²) in [5, 5.41) is 8.04. The van der Waals surface area contributed by atoms with Crippen molar-refractivity contribution in [2.24, 2.45) is 0 Å². The first-order chi connectivity index (χ1) is 15.5. The van der Waals surface area contributed by atoms with Crippen LogP contribution < -0.4 is 5.32 Å². The van der Waals surface area contributed by atoms with Crippen molar-refractivity contribution in [2.75, 3.05) is 11.5 Å². The highest BCUT2D eigenvalue weighted by atomic mass is 32.2. The highest BCUT2D eigenvalue weighted by molar-refractivity contribution is 7.91.